The number of aliphatic hydroxyl groups excluding tert-OH is 1. The van der Waals surface area contributed by atoms with Crippen molar-refractivity contribution in [3.05, 3.63) is 59.7 Å². The van der Waals surface area contributed by atoms with Crippen molar-refractivity contribution in [2.75, 3.05) is 13.2 Å². The highest BCUT2D eigenvalue weighted by Crippen LogP contribution is 2.44. The lowest BCUT2D eigenvalue weighted by Crippen LogP contribution is -2.58. The van der Waals surface area contributed by atoms with Crippen molar-refractivity contribution >= 4 is 23.9 Å². The second-order valence-corrected chi connectivity index (χ2v) is 9.03. The van der Waals surface area contributed by atoms with Gasteiger partial charge in [-0.1, -0.05) is 62.4 Å². The highest BCUT2D eigenvalue weighted by molar-refractivity contribution is 5.92. The SMILES string of the molecule is CC(C)[C@H](NC(=O)OCC1c2ccccc2-c2ccccc21)C(=O)N[C@H](C(=O)NCC(=O)O)[C@@H](C)O. The van der Waals surface area contributed by atoms with Gasteiger partial charge in [-0.15, -0.1) is 0 Å². The number of benzene rings is 2. The first-order valence-corrected chi connectivity index (χ1v) is 11.7. The predicted octanol–water partition coefficient (Wildman–Crippen LogP) is 1.62. The molecule has 0 saturated carbocycles. The molecule has 2 aromatic rings. The van der Waals surface area contributed by atoms with Gasteiger partial charge in [-0.05, 0) is 35.1 Å². The summed E-state index contributed by atoms with van der Waals surface area (Å²) in [6, 6.07) is 13.4. The molecule has 10 nitrogen and oxygen atoms in total. The topological polar surface area (TPSA) is 154 Å². The van der Waals surface area contributed by atoms with Gasteiger partial charge in [-0.3, -0.25) is 14.4 Å². The lowest BCUT2D eigenvalue weighted by atomic mass is 9.98. The smallest absolute Gasteiger partial charge is 0.407 e. The average molecular weight is 498 g/mol. The van der Waals surface area contributed by atoms with Crippen LogP contribution in [0.15, 0.2) is 48.5 Å². The molecule has 0 aliphatic heterocycles. The Morgan fingerprint density at radius 1 is 0.861 bits per heavy atom. The zero-order valence-electron chi connectivity index (χ0n) is 20.4. The van der Waals surface area contributed by atoms with E-state index in [1.807, 2.05) is 48.5 Å². The molecule has 3 amide bonds. The van der Waals surface area contributed by atoms with E-state index in [0.29, 0.717) is 0 Å². The molecular weight excluding hydrogens is 466 g/mol. The number of carbonyl (C=O) groups excluding carboxylic acids is 3. The molecule has 0 heterocycles. The molecule has 1 aliphatic rings. The molecule has 3 rings (SSSR count). The van der Waals surface area contributed by atoms with Crippen molar-refractivity contribution in [2.24, 2.45) is 5.92 Å². The maximum atomic E-state index is 12.9. The highest BCUT2D eigenvalue weighted by Gasteiger charge is 2.33. The fraction of sp³-hybridized carbons (Fsp3) is 0.385. The minimum Gasteiger partial charge on any atom is -0.480 e. The van der Waals surface area contributed by atoms with Gasteiger partial charge in [0.25, 0.3) is 0 Å². The number of rotatable bonds is 10. The van der Waals surface area contributed by atoms with Crippen LogP contribution in [0.4, 0.5) is 4.79 Å². The number of hydrogen-bond donors (Lipinski definition) is 5. The van der Waals surface area contributed by atoms with Crippen molar-refractivity contribution in [2.45, 2.75) is 44.9 Å². The summed E-state index contributed by atoms with van der Waals surface area (Å²) < 4.78 is 5.51. The van der Waals surface area contributed by atoms with Crippen molar-refractivity contribution in [1.82, 2.24) is 16.0 Å². The second-order valence-electron chi connectivity index (χ2n) is 9.03. The van der Waals surface area contributed by atoms with E-state index >= 15 is 0 Å². The van der Waals surface area contributed by atoms with Gasteiger partial charge in [0.15, 0.2) is 0 Å². The minimum atomic E-state index is -1.40. The first-order valence-electron chi connectivity index (χ1n) is 11.7. The van der Waals surface area contributed by atoms with Crippen LogP contribution in [0.5, 0.6) is 0 Å². The molecular formula is C26H31N3O7. The van der Waals surface area contributed by atoms with Crippen molar-refractivity contribution < 1.29 is 34.1 Å². The van der Waals surface area contributed by atoms with Crippen LogP contribution in [0, 0.1) is 5.92 Å². The Labute approximate surface area is 209 Å². The normalized spacial score (nSPS) is 14.7. The van der Waals surface area contributed by atoms with Crippen molar-refractivity contribution in [3.8, 4) is 11.1 Å². The monoisotopic (exact) mass is 497 g/mol. The Bertz CT molecular complexity index is 1090. The molecule has 0 unspecified atom stereocenters. The van der Waals surface area contributed by atoms with Gasteiger partial charge in [0, 0.05) is 5.92 Å². The van der Waals surface area contributed by atoms with E-state index in [1.165, 1.54) is 6.92 Å². The van der Waals surface area contributed by atoms with Crippen molar-refractivity contribution in [1.29, 1.82) is 0 Å². The van der Waals surface area contributed by atoms with E-state index in [2.05, 4.69) is 16.0 Å². The minimum absolute atomic E-state index is 0.0696. The molecule has 0 fully saturated rings. The molecule has 1 aliphatic carbocycles. The summed E-state index contributed by atoms with van der Waals surface area (Å²) in [5, 5.41) is 25.7. The number of nitrogens with one attached hydrogen (secondary N) is 3. The van der Waals surface area contributed by atoms with E-state index in [-0.39, 0.29) is 18.4 Å². The summed E-state index contributed by atoms with van der Waals surface area (Å²) in [7, 11) is 0. The summed E-state index contributed by atoms with van der Waals surface area (Å²) in [5.74, 6) is -3.36. The van der Waals surface area contributed by atoms with Gasteiger partial charge in [0.1, 0.15) is 25.2 Å². The number of ether oxygens (including phenoxy) is 1. The van der Waals surface area contributed by atoms with Crippen LogP contribution in [0.2, 0.25) is 0 Å². The standard InChI is InChI=1S/C26H31N3O7/c1-14(2)22(25(34)28-23(15(3)30)24(33)27-12-21(31)32)29-26(35)36-13-20-18-10-6-4-8-16(18)17-9-5-7-11-19(17)20/h4-11,14-15,20,22-23,30H,12-13H2,1-3H3,(H,27,33)(H,28,34)(H,29,35)(H,31,32)/t15-,22+,23+/m1/s1. The van der Waals surface area contributed by atoms with Crippen LogP contribution in [-0.2, 0) is 19.1 Å². The Kier molecular flexibility index (Phi) is 8.65. The van der Waals surface area contributed by atoms with E-state index in [1.54, 1.807) is 13.8 Å². The van der Waals surface area contributed by atoms with Gasteiger partial charge in [-0.25, -0.2) is 4.79 Å². The molecule has 0 saturated heterocycles. The molecule has 2 aromatic carbocycles. The number of fused-ring (bicyclic) bond motifs is 3. The zero-order valence-corrected chi connectivity index (χ0v) is 20.4. The van der Waals surface area contributed by atoms with E-state index < -0.39 is 48.6 Å². The molecule has 10 heteroatoms. The summed E-state index contributed by atoms with van der Waals surface area (Å²) in [6.07, 6.45) is -2.10. The molecule has 3 atom stereocenters. The number of alkyl carbamates (subject to hydrolysis) is 1. The molecule has 36 heavy (non-hydrogen) atoms. The molecule has 0 radical (unpaired) electrons. The van der Waals surface area contributed by atoms with E-state index in [9.17, 15) is 24.3 Å². The van der Waals surface area contributed by atoms with Crippen LogP contribution >= 0.6 is 0 Å². The third-order valence-corrected chi connectivity index (χ3v) is 6.04. The number of carboxylic acid groups (broad SMARTS) is 1. The number of carbonyl (C=O) groups is 4. The first-order chi connectivity index (χ1) is 17.1. The second kappa shape index (κ2) is 11.7. The number of aliphatic hydroxyl groups is 1. The fourth-order valence-electron chi connectivity index (χ4n) is 4.22. The first kappa shape index (κ1) is 26.7. The van der Waals surface area contributed by atoms with Gasteiger partial charge in [0.2, 0.25) is 11.8 Å². The van der Waals surface area contributed by atoms with Crippen LogP contribution in [-0.4, -0.2) is 65.4 Å². The van der Waals surface area contributed by atoms with Crippen LogP contribution in [0.1, 0.15) is 37.8 Å². The number of carboxylic acids is 1. The number of amides is 3. The lowest BCUT2D eigenvalue weighted by molar-refractivity contribution is -0.139. The van der Waals surface area contributed by atoms with Gasteiger partial charge >= 0.3 is 12.1 Å². The Morgan fingerprint density at radius 3 is 1.92 bits per heavy atom. The maximum absolute atomic E-state index is 12.9. The predicted molar refractivity (Wildman–Crippen MR) is 131 cm³/mol. The molecule has 192 valence electrons. The van der Waals surface area contributed by atoms with Gasteiger partial charge in [-0.2, -0.15) is 0 Å². The number of aliphatic carboxylic acids is 1. The molecule has 0 aromatic heterocycles. The Morgan fingerprint density at radius 2 is 1.42 bits per heavy atom. The van der Waals surface area contributed by atoms with Crippen LogP contribution in [0.3, 0.4) is 0 Å². The van der Waals surface area contributed by atoms with Crippen LogP contribution < -0.4 is 16.0 Å². The maximum Gasteiger partial charge on any atom is 0.407 e. The van der Waals surface area contributed by atoms with Crippen molar-refractivity contribution in [3.63, 3.8) is 0 Å². The average Bonchev–Trinajstić information content (AvgIpc) is 3.16. The lowest BCUT2D eigenvalue weighted by Gasteiger charge is -2.26. The largest absolute Gasteiger partial charge is 0.480 e. The summed E-state index contributed by atoms with van der Waals surface area (Å²) in [6.45, 7) is 4.10. The summed E-state index contributed by atoms with van der Waals surface area (Å²) in [4.78, 5) is 48.5. The molecule has 5 N–H and O–H groups in total. The Hall–Kier alpha value is -3.92. The zero-order chi connectivity index (χ0) is 26.4. The van der Waals surface area contributed by atoms with Gasteiger partial charge < -0.3 is 30.9 Å². The summed E-state index contributed by atoms with van der Waals surface area (Å²) >= 11 is 0. The number of hydrogen-bond acceptors (Lipinski definition) is 6. The van der Waals surface area contributed by atoms with E-state index in [0.717, 1.165) is 22.3 Å². The quantitative estimate of drug-likeness (QED) is 0.334. The van der Waals surface area contributed by atoms with Gasteiger partial charge in [0.05, 0.1) is 6.10 Å². The third kappa shape index (κ3) is 6.19. The Balaban J connectivity index is 1.64. The van der Waals surface area contributed by atoms with Crippen LogP contribution in [0.25, 0.3) is 11.1 Å². The highest BCUT2D eigenvalue weighted by atomic mass is 16.5. The third-order valence-electron chi connectivity index (χ3n) is 6.04. The van der Waals surface area contributed by atoms with E-state index in [4.69, 9.17) is 9.84 Å². The molecule has 0 spiro atoms. The fourth-order valence-corrected chi connectivity index (χ4v) is 4.22. The molecule has 0 bridgehead atoms. The summed E-state index contributed by atoms with van der Waals surface area (Å²) in [5.41, 5.74) is 4.28.